The molecule has 2 aliphatic rings. The molecule has 2 aromatic rings. The highest BCUT2D eigenvalue weighted by atomic mass is 19.1. The van der Waals surface area contributed by atoms with Crippen molar-refractivity contribution in [1.82, 2.24) is 4.90 Å². The van der Waals surface area contributed by atoms with E-state index in [1.165, 1.54) is 12.1 Å². The molecule has 0 spiro atoms. The second kappa shape index (κ2) is 9.91. The highest BCUT2D eigenvalue weighted by Gasteiger charge is 2.40. The van der Waals surface area contributed by atoms with Gasteiger partial charge in [-0.1, -0.05) is 41.5 Å². The Hall–Kier alpha value is -3.26. The van der Waals surface area contributed by atoms with E-state index in [9.17, 15) is 14.0 Å². The maximum atomic E-state index is 13.6. The number of nitrogens with zero attached hydrogens (tertiary/aromatic N) is 4. The lowest BCUT2D eigenvalue weighted by atomic mass is 9.87. The van der Waals surface area contributed by atoms with E-state index >= 15 is 0 Å². The van der Waals surface area contributed by atoms with E-state index in [0.717, 1.165) is 16.7 Å². The molecule has 32 heavy (non-hydrogen) atoms. The number of azide groups is 1. The number of ether oxygens (including phenoxy) is 2. The van der Waals surface area contributed by atoms with E-state index in [-0.39, 0.29) is 37.4 Å². The minimum Gasteiger partial charge on any atom is -0.368 e. The van der Waals surface area contributed by atoms with Gasteiger partial charge in [0.05, 0.1) is 24.8 Å². The highest BCUT2D eigenvalue weighted by Crippen LogP contribution is 2.36. The molecule has 0 bridgehead atoms. The van der Waals surface area contributed by atoms with Crippen molar-refractivity contribution in [3.05, 3.63) is 81.5 Å². The Morgan fingerprint density at radius 2 is 2.06 bits per heavy atom. The Morgan fingerprint density at radius 1 is 1.28 bits per heavy atom. The van der Waals surface area contributed by atoms with E-state index in [1.807, 2.05) is 24.3 Å². The number of fused-ring (bicyclic) bond motifs is 1. The fourth-order valence-corrected chi connectivity index (χ4v) is 4.44. The fraction of sp³-hybridized carbons (Fsp3) is 0.391. The predicted octanol–water partition coefficient (Wildman–Crippen LogP) is 3.35. The molecule has 2 aromatic carbocycles. The van der Waals surface area contributed by atoms with Crippen LogP contribution >= 0.6 is 0 Å². The number of carbonyl (C=O) groups excluding carboxylic acids is 2. The van der Waals surface area contributed by atoms with Crippen LogP contribution in [0.5, 0.6) is 0 Å². The normalized spacial score (nSPS) is 24.8. The average Bonchev–Trinajstić information content (AvgIpc) is 2.83. The van der Waals surface area contributed by atoms with Crippen molar-refractivity contribution in [2.24, 2.45) is 5.11 Å². The van der Waals surface area contributed by atoms with Crippen molar-refractivity contribution >= 4 is 12.2 Å². The van der Waals surface area contributed by atoms with Gasteiger partial charge in [-0.25, -0.2) is 4.39 Å². The van der Waals surface area contributed by atoms with Gasteiger partial charge in [0.1, 0.15) is 24.8 Å². The standard InChI is InChI=1S/C23H23FN4O4/c24-17-7-5-16(6-8-17)22-18-4-2-1-3-15(18)9-10-28(22)23(30)20-13-19(26-27-25)21(14-32-20)31-12-11-29/h1-8,11,19-22H,9-10,12-14H2/t19-,20+,21-,22-/m0/s1. The summed E-state index contributed by atoms with van der Waals surface area (Å²) in [6, 6.07) is 13.1. The highest BCUT2D eigenvalue weighted by molar-refractivity contribution is 5.82. The van der Waals surface area contributed by atoms with E-state index in [4.69, 9.17) is 15.0 Å². The van der Waals surface area contributed by atoms with Gasteiger partial charge in [-0.2, -0.15) is 0 Å². The summed E-state index contributed by atoms with van der Waals surface area (Å²) in [5.41, 5.74) is 11.9. The Kier molecular flexibility index (Phi) is 6.80. The molecule has 166 valence electrons. The number of rotatable bonds is 6. The van der Waals surface area contributed by atoms with E-state index in [1.54, 1.807) is 17.0 Å². The van der Waals surface area contributed by atoms with Gasteiger partial charge in [-0.3, -0.25) is 4.79 Å². The lowest BCUT2D eigenvalue weighted by Gasteiger charge is -2.41. The van der Waals surface area contributed by atoms with Gasteiger partial charge in [0.15, 0.2) is 0 Å². The van der Waals surface area contributed by atoms with Crippen LogP contribution in [0.1, 0.15) is 29.2 Å². The largest absolute Gasteiger partial charge is 0.368 e. The summed E-state index contributed by atoms with van der Waals surface area (Å²) < 4.78 is 24.8. The zero-order chi connectivity index (χ0) is 22.5. The first-order valence-electron chi connectivity index (χ1n) is 10.5. The van der Waals surface area contributed by atoms with E-state index in [2.05, 4.69) is 10.0 Å². The molecule has 4 atom stereocenters. The van der Waals surface area contributed by atoms with Crippen LogP contribution in [0.4, 0.5) is 4.39 Å². The molecule has 1 fully saturated rings. The molecule has 0 radical (unpaired) electrons. The Labute approximate surface area is 184 Å². The van der Waals surface area contributed by atoms with Crippen LogP contribution in [0.3, 0.4) is 0 Å². The fourth-order valence-electron chi connectivity index (χ4n) is 4.44. The minimum atomic E-state index is -0.810. The summed E-state index contributed by atoms with van der Waals surface area (Å²) in [6.45, 7) is 0.383. The molecule has 0 aromatic heterocycles. The van der Waals surface area contributed by atoms with Crippen molar-refractivity contribution in [2.45, 2.75) is 37.1 Å². The average molecular weight is 438 g/mol. The van der Waals surface area contributed by atoms with Gasteiger partial charge in [0, 0.05) is 11.5 Å². The Morgan fingerprint density at radius 3 is 2.81 bits per heavy atom. The second-order valence-electron chi connectivity index (χ2n) is 7.80. The Bertz CT molecular complexity index is 1020. The topological polar surface area (TPSA) is 105 Å². The Balaban J connectivity index is 1.61. The third-order valence-corrected chi connectivity index (χ3v) is 5.95. The molecule has 0 unspecified atom stereocenters. The molecule has 4 rings (SSSR count). The third-order valence-electron chi connectivity index (χ3n) is 5.95. The first-order valence-corrected chi connectivity index (χ1v) is 10.5. The van der Waals surface area contributed by atoms with E-state index < -0.39 is 18.2 Å². The molecule has 9 heteroatoms. The summed E-state index contributed by atoms with van der Waals surface area (Å²) in [5.74, 6) is -0.564. The van der Waals surface area contributed by atoms with Crippen LogP contribution in [0.25, 0.3) is 10.4 Å². The number of benzene rings is 2. The van der Waals surface area contributed by atoms with Crippen LogP contribution in [0.15, 0.2) is 53.6 Å². The quantitative estimate of drug-likeness (QED) is 0.298. The molecule has 0 N–H and O–H groups in total. The third kappa shape index (κ3) is 4.50. The van der Waals surface area contributed by atoms with Crippen LogP contribution in [-0.4, -0.2) is 55.1 Å². The monoisotopic (exact) mass is 438 g/mol. The summed E-state index contributed by atoms with van der Waals surface area (Å²) in [4.78, 5) is 28.8. The number of halogens is 1. The van der Waals surface area contributed by atoms with Crippen LogP contribution in [-0.2, 0) is 25.5 Å². The van der Waals surface area contributed by atoms with Crippen molar-refractivity contribution in [3.63, 3.8) is 0 Å². The summed E-state index contributed by atoms with van der Waals surface area (Å²) in [7, 11) is 0. The van der Waals surface area contributed by atoms with E-state index in [0.29, 0.717) is 19.3 Å². The lowest BCUT2D eigenvalue weighted by Crippen LogP contribution is -2.51. The molecule has 1 amide bonds. The van der Waals surface area contributed by atoms with Gasteiger partial charge in [0.25, 0.3) is 5.91 Å². The molecule has 0 aliphatic carbocycles. The van der Waals surface area contributed by atoms with Crippen molar-refractivity contribution < 1.29 is 23.5 Å². The lowest BCUT2D eigenvalue weighted by molar-refractivity contribution is -0.158. The molecule has 8 nitrogen and oxygen atoms in total. The number of hydrogen-bond donors (Lipinski definition) is 0. The van der Waals surface area contributed by atoms with Gasteiger partial charge < -0.3 is 19.2 Å². The second-order valence-corrected chi connectivity index (χ2v) is 7.80. The zero-order valence-electron chi connectivity index (χ0n) is 17.3. The molecule has 2 heterocycles. The summed E-state index contributed by atoms with van der Waals surface area (Å²) in [5, 5.41) is 3.77. The molecule has 1 saturated heterocycles. The van der Waals surface area contributed by atoms with Crippen LogP contribution in [0, 0.1) is 5.82 Å². The number of carbonyl (C=O) groups is 2. The van der Waals surface area contributed by atoms with Crippen LogP contribution < -0.4 is 0 Å². The minimum absolute atomic E-state index is 0.0412. The van der Waals surface area contributed by atoms with Crippen molar-refractivity contribution in [3.8, 4) is 0 Å². The first-order chi connectivity index (χ1) is 15.6. The first kappa shape index (κ1) is 22.0. The number of aldehydes is 1. The number of hydrogen-bond acceptors (Lipinski definition) is 5. The van der Waals surface area contributed by atoms with Gasteiger partial charge >= 0.3 is 0 Å². The maximum Gasteiger partial charge on any atom is 0.252 e. The number of amides is 1. The van der Waals surface area contributed by atoms with Gasteiger partial charge in [0.2, 0.25) is 0 Å². The molecule has 2 aliphatic heterocycles. The van der Waals surface area contributed by atoms with Gasteiger partial charge in [-0.05, 0) is 47.2 Å². The van der Waals surface area contributed by atoms with Gasteiger partial charge in [-0.15, -0.1) is 0 Å². The summed E-state index contributed by atoms with van der Waals surface area (Å²) >= 11 is 0. The maximum absolute atomic E-state index is 13.6. The SMILES string of the molecule is [N-]=[N+]=N[C@H]1C[C@H](C(=O)N2CCc3ccccc3[C@@H]2c2ccc(F)cc2)OC[C@@H]1OCC=O. The van der Waals surface area contributed by atoms with Crippen molar-refractivity contribution in [2.75, 3.05) is 19.8 Å². The summed E-state index contributed by atoms with van der Waals surface area (Å²) in [6.07, 6.45) is 0.0608. The van der Waals surface area contributed by atoms with Crippen molar-refractivity contribution in [1.29, 1.82) is 0 Å². The smallest absolute Gasteiger partial charge is 0.252 e. The predicted molar refractivity (Wildman–Crippen MR) is 113 cm³/mol. The molecular formula is C23H23FN4O4. The van der Waals surface area contributed by atoms with Crippen LogP contribution in [0.2, 0.25) is 0 Å². The molecule has 0 saturated carbocycles. The zero-order valence-corrected chi connectivity index (χ0v) is 17.3. The molecular weight excluding hydrogens is 415 g/mol.